The van der Waals surface area contributed by atoms with Gasteiger partial charge >= 0.3 is 5.97 Å². The summed E-state index contributed by atoms with van der Waals surface area (Å²) in [5, 5.41) is 17.0. The normalized spacial score (nSPS) is 15.9. The average Bonchev–Trinajstić information content (AvgIpc) is 3.07. The van der Waals surface area contributed by atoms with Gasteiger partial charge in [-0.1, -0.05) is 49.1 Å². The summed E-state index contributed by atoms with van der Waals surface area (Å²) in [7, 11) is 1.82. The van der Waals surface area contributed by atoms with Crippen molar-refractivity contribution in [1.82, 2.24) is 15.1 Å². The molecule has 1 aromatic carbocycles. The molecule has 1 atom stereocenters. The first kappa shape index (κ1) is 20.1. The number of nitrogens with one attached hydrogen (secondary N) is 1. The van der Waals surface area contributed by atoms with Crippen molar-refractivity contribution in [3.63, 3.8) is 0 Å². The number of nitrogens with zero attached hydrogens (tertiary/aromatic N) is 2. The molecule has 28 heavy (non-hydrogen) atoms. The molecule has 0 radical (unpaired) electrons. The summed E-state index contributed by atoms with van der Waals surface area (Å²) in [6.07, 6.45) is 7.82. The Hall–Kier alpha value is -2.63. The number of carboxylic acids is 1. The molecule has 0 spiro atoms. The van der Waals surface area contributed by atoms with Crippen LogP contribution in [0.1, 0.15) is 65.2 Å². The molecule has 150 valence electrons. The highest BCUT2D eigenvalue weighted by atomic mass is 16.4. The van der Waals surface area contributed by atoms with E-state index in [1.165, 1.54) is 19.3 Å². The van der Waals surface area contributed by atoms with Gasteiger partial charge in [-0.15, -0.1) is 0 Å². The van der Waals surface area contributed by atoms with Crippen LogP contribution in [0.4, 0.5) is 0 Å². The molecule has 1 aliphatic rings. The van der Waals surface area contributed by atoms with Gasteiger partial charge in [0.15, 0.2) is 0 Å². The van der Waals surface area contributed by atoms with E-state index in [0.29, 0.717) is 17.9 Å². The number of aromatic nitrogens is 2. The van der Waals surface area contributed by atoms with Crippen LogP contribution in [-0.2, 0) is 18.3 Å². The number of aliphatic carboxylic acids is 1. The molecule has 0 saturated heterocycles. The maximum Gasteiger partial charge on any atom is 0.308 e. The van der Waals surface area contributed by atoms with Crippen LogP contribution < -0.4 is 5.32 Å². The van der Waals surface area contributed by atoms with Crippen LogP contribution in [0.25, 0.3) is 0 Å². The molecule has 3 rings (SSSR count). The average molecular weight is 383 g/mol. The molecule has 0 bridgehead atoms. The molecule has 2 N–H and O–H groups in total. The summed E-state index contributed by atoms with van der Waals surface area (Å²) in [6, 6.07) is 7.82. The van der Waals surface area contributed by atoms with Crippen LogP contribution >= 0.6 is 0 Å². The fraction of sp³-hybridized carbons (Fsp3) is 0.500. The minimum Gasteiger partial charge on any atom is -0.481 e. The van der Waals surface area contributed by atoms with Crippen molar-refractivity contribution in [3.8, 4) is 0 Å². The van der Waals surface area contributed by atoms with E-state index >= 15 is 0 Å². The molecule has 0 aliphatic heterocycles. The minimum absolute atomic E-state index is 0.0983. The Morgan fingerprint density at radius 1 is 1.29 bits per heavy atom. The maximum absolute atomic E-state index is 12.8. The highest BCUT2D eigenvalue weighted by Gasteiger charge is 2.26. The third-order valence-corrected chi connectivity index (χ3v) is 5.52. The predicted octanol–water partition coefficient (Wildman–Crippen LogP) is 3.45. The molecule has 1 heterocycles. The van der Waals surface area contributed by atoms with Crippen LogP contribution in [0.5, 0.6) is 0 Å². The largest absolute Gasteiger partial charge is 0.481 e. The van der Waals surface area contributed by atoms with E-state index in [9.17, 15) is 14.7 Å². The Morgan fingerprint density at radius 3 is 2.71 bits per heavy atom. The Morgan fingerprint density at radius 2 is 2.04 bits per heavy atom. The second kappa shape index (κ2) is 9.04. The van der Waals surface area contributed by atoms with E-state index in [2.05, 4.69) is 10.4 Å². The first-order valence-electron chi connectivity index (χ1n) is 10.0. The third-order valence-electron chi connectivity index (χ3n) is 5.52. The number of aryl methyl sites for hydroxylation is 2. The second-order valence-electron chi connectivity index (χ2n) is 7.87. The summed E-state index contributed by atoms with van der Waals surface area (Å²) >= 11 is 0. The topological polar surface area (TPSA) is 84.2 Å². The van der Waals surface area contributed by atoms with Crippen LogP contribution in [0.2, 0.25) is 0 Å². The summed E-state index contributed by atoms with van der Waals surface area (Å²) in [5.74, 6) is -1.48. The Labute approximate surface area is 166 Å². The van der Waals surface area contributed by atoms with Crippen molar-refractivity contribution in [2.45, 2.75) is 51.4 Å². The van der Waals surface area contributed by atoms with Gasteiger partial charge in [-0.25, -0.2) is 0 Å². The van der Waals surface area contributed by atoms with Gasteiger partial charge in [0.1, 0.15) is 0 Å². The lowest BCUT2D eigenvalue weighted by Crippen LogP contribution is -2.34. The van der Waals surface area contributed by atoms with Gasteiger partial charge in [-0.2, -0.15) is 5.10 Å². The molecular weight excluding hydrogens is 354 g/mol. The van der Waals surface area contributed by atoms with E-state index in [4.69, 9.17) is 0 Å². The van der Waals surface area contributed by atoms with Gasteiger partial charge in [-0.3, -0.25) is 14.3 Å². The lowest BCUT2D eigenvalue weighted by Gasteiger charge is -2.21. The predicted molar refractivity (Wildman–Crippen MR) is 107 cm³/mol. The molecule has 2 aromatic rings. The first-order chi connectivity index (χ1) is 13.4. The molecular formula is C22H29N3O3. The standard InChI is InChI=1S/C22H29N3O3/c1-15-7-6-8-16(11-15)12-18(22(27)28)13-23-21(26)19-14-25(2)24-20(19)17-9-4-3-5-10-17/h6-8,11,14,17-18H,3-5,9-10,12-13H2,1-2H3,(H,23,26)(H,27,28). The molecule has 1 amide bonds. The molecule has 1 aliphatic carbocycles. The Bertz CT molecular complexity index is 837. The fourth-order valence-electron chi connectivity index (χ4n) is 4.04. The van der Waals surface area contributed by atoms with Crippen molar-refractivity contribution in [2.24, 2.45) is 13.0 Å². The smallest absolute Gasteiger partial charge is 0.308 e. The number of rotatable bonds is 7. The van der Waals surface area contributed by atoms with Gasteiger partial charge < -0.3 is 10.4 Å². The third kappa shape index (κ3) is 5.00. The molecule has 1 fully saturated rings. The van der Waals surface area contributed by atoms with E-state index in [-0.39, 0.29) is 12.5 Å². The van der Waals surface area contributed by atoms with E-state index in [0.717, 1.165) is 29.7 Å². The van der Waals surface area contributed by atoms with Crippen molar-refractivity contribution in [2.75, 3.05) is 6.54 Å². The van der Waals surface area contributed by atoms with Crippen molar-refractivity contribution in [3.05, 3.63) is 52.8 Å². The van der Waals surface area contributed by atoms with Crippen LogP contribution in [0.15, 0.2) is 30.5 Å². The number of carbonyl (C=O) groups excluding carboxylic acids is 1. The zero-order chi connectivity index (χ0) is 20.1. The minimum atomic E-state index is -0.902. The number of carbonyl (C=O) groups is 2. The van der Waals surface area contributed by atoms with Gasteiger partial charge in [-0.05, 0) is 31.7 Å². The van der Waals surface area contributed by atoms with Crippen molar-refractivity contribution >= 4 is 11.9 Å². The number of carboxylic acid groups (broad SMARTS) is 1. The van der Waals surface area contributed by atoms with Crippen LogP contribution in [0.3, 0.4) is 0 Å². The van der Waals surface area contributed by atoms with Gasteiger partial charge in [0, 0.05) is 25.7 Å². The quantitative estimate of drug-likeness (QED) is 0.767. The number of hydrogen-bond donors (Lipinski definition) is 2. The van der Waals surface area contributed by atoms with E-state index in [1.54, 1.807) is 10.9 Å². The lowest BCUT2D eigenvalue weighted by atomic mass is 9.85. The molecule has 6 nitrogen and oxygen atoms in total. The molecule has 1 saturated carbocycles. The van der Waals surface area contributed by atoms with E-state index in [1.807, 2.05) is 38.2 Å². The number of hydrogen-bond acceptors (Lipinski definition) is 3. The monoisotopic (exact) mass is 383 g/mol. The van der Waals surface area contributed by atoms with Gasteiger partial charge in [0.05, 0.1) is 17.2 Å². The second-order valence-corrected chi connectivity index (χ2v) is 7.87. The SMILES string of the molecule is Cc1cccc(CC(CNC(=O)c2cn(C)nc2C2CCCCC2)C(=O)O)c1. The summed E-state index contributed by atoms with van der Waals surface area (Å²) in [4.78, 5) is 24.5. The fourth-order valence-corrected chi connectivity index (χ4v) is 4.04. The number of amides is 1. The highest BCUT2D eigenvalue weighted by molar-refractivity contribution is 5.95. The first-order valence-corrected chi connectivity index (χ1v) is 10.0. The van der Waals surface area contributed by atoms with Crippen LogP contribution in [-0.4, -0.2) is 33.3 Å². The van der Waals surface area contributed by atoms with E-state index < -0.39 is 11.9 Å². The summed E-state index contributed by atoms with van der Waals surface area (Å²) in [5.41, 5.74) is 3.49. The number of benzene rings is 1. The Balaban J connectivity index is 1.67. The van der Waals surface area contributed by atoms with Crippen LogP contribution in [0, 0.1) is 12.8 Å². The van der Waals surface area contributed by atoms with Crippen molar-refractivity contribution < 1.29 is 14.7 Å². The van der Waals surface area contributed by atoms with Gasteiger partial charge in [0.25, 0.3) is 5.91 Å². The zero-order valence-corrected chi connectivity index (χ0v) is 16.6. The maximum atomic E-state index is 12.8. The molecule has 1 aromatic heterocycles. The molecule has 6 heteroatoms. The molecule has 1 unspecified atom stereocenters. The highest BCUT2D eigenvalue weighted by Crippen LogP contribution is 2.33. The summed E-state index contributed by atoms with van der Waals surface area (Å²) in [6.45, 7) is 2.08. The zero-order valence-electron chi connectivity index (χ0n) is 16.6. The Kier molecular flexibility index (Phi) is 6.49. The lowest BCUT2D eigenvalue weighted by molar-refractivity contribution is -0.141. The van der Waals surface area contributed by atoms with Gasteiger partial charge in [0.2, 0.25) is 0 Å². The van der Waals surface area contributed by atoms with Crippen molar-refractivity contribution in [1.29, 1.82) is 0 Å². The summed E-state index contributed by atoms with van der Waals surface area (Å²) < 4.78 is 1.68.